The minimum Gasteiger partial charge on any atom is -0.345 e. The van der Waals surface area contributed by atoms with Crippen LogP contribution in [0, 0.1) is 0 Å². The number of sulfonamides is 1. The molecular formula is C10H15N3O4S. The van der Waals surface area contributed by atoms with Crippen molar-refractivity contribution in [2.45, 2.75) is 11.8 Å². The zero-order valence-corrected chi connectivity index (χ0v) is 11.0. The molecule has 0 saturated carbocycles. The van der Waals surface area contributed by atoms with E-state index in [2.05, 4.69) is 9.71 Å². The smallest absolute Gasteiger partial charge is 0.247 e. The molecule has 0 aliphatic rings. The molecule has 1 amide bonds. The van der Waals surface area contributed by atoms with Crippen molar-refractivity contribution in [3.63, 3.8) is 0 Å². The number of H-pyrrole nitrogens is 1. The van der Waals surface area contributed by atoms with E-state index >= 15 is 0 Å². The molecule has 8 heteroatoms. The third-order valence-electron chi connectivity index (χ3n) is 2.38. The predicted molar refractivity (Wildman–Crippen MR) is 65.6 cm³/mol. The van der Waals surface area contributed by atoms with Crippen molar-refractivity contribution >= 4 is 15.9 Å². The van der Waals surface area contributed by atoms with Crippen LogP contribution in [0.15, 0.2) is 28.0 Å². The second kappa shape index (κ2) is 5.78. The van der Waals surface area contributed by atoms with E-state index in [1.807, 2.05) is 0 Å². The second-order valence-corrected chi connectivity index (χ2v) is 5.39. The molecule has 0 spiro atoms. The molecule has 1 aromatic heterocycles. The topological polar surface area (TPSA) is 99.3 Å². The Kier molecular flexibility index (Phi) is 4.62. The first-order chi connectivity index (χ1) is 8.36. The minimum atomic E-state index is -3.78. The number of pyridine rings is 1. The van der Waals surface area contributed by atoms with Crippen LogP contribution < -0.4 is 10.3 Å². The minimum absolute atomic E-state index is 0.0888. The number of nitrogens with one attached hydrogen (secondary N) is 2. The molecule has 0 bridgehead atoms. The highest BCUT2D eigenvalue weighted by Gasteiger charge is 2.16. The fourth-order valence-electron chi connectivity index (χ4n) is 1.11. The number of hydrogen-bond donors (Lipinski definition) is 2. The third kappa shape index (κ3) is 3.67. The molecule has 1 aromatic rings. The number of aromatic amines is 1. The van der Waals surface area contributed by atoms with Gasteiger partial charge in [0, 0.05) is 25.9 Å². The van der Waals surface area contributed by atoms with E-state index in [0.717, 1.165) is 12.3 Å². The van der Waals surface area contributed by atoms with Crippen molar-refractivity contribution in [1.29, 1.82) is 0 Å². The number of likely N-dealkylation sites (N-methyl/N-ethyl adjacent to an activating group) is 1. The molecule has 0 saturated heterocycles. The Balaban J connectivity index is 2.74. The molecule has 2 N–H and O–H groups in total. The van der Waals surface area contributed by atoms with Crippen molar-refractivity contribution in [3.8, 4) is 0 Å². The van der Waals surface area contributed by atoms with Gasteiger partial charge in [0.25, 0.3) is 0 Å². The van der Waals surface area contributed by atoms with Crippen molar-refractivity contribution in [3.05, 3.63) is 28.7 Å². The van der Waals surface area contributed by atoms with Crippen LogP contribution in [-0.4, -0.2) is 44.3 Å². The van der Waals surface area contributed by atoms with E-state index in [0.29, 0.717) is 6.54 Å². The van der Waals surface area contributed by atoms with Crippen LogP contribution in [0.2, 0.25) is 0 Å². The lowest BCUT2D eigenvalue weighted by molar-refractivity contribution is -0.128. The Labute approximate surface area is 105 Å². The maximum absolute atomic E-state index is 11.8. The highest BCUT2D eigenvalue weighted by Crippen LogP contribution is 2.03. The van der Waals surface area contributed by atoms with Crippen LogP contribution in [0.1, 0.15) is 6.92 Å². The normalized spacial score (nSPS) is 11.2. The summed E-state index contributed by atoms with van der Waals surface area (Å²) in [5.41, 5.74) is -0.393. The standard InChI is InChI=1S/C10H15N3O4S/c1-3-13(2)10(15)7-12-18(16,17)8-4-5-9(14)11-6-8/h4-6,12H,3,7H2,1-2H3,(H,11,14). The molecule has 100 valence electrons. The Morgan fingerprint density at radius 1 is 1.44 bits per heavy atom. The number of carbonyl (C=O) groups is 1. The molecule has 0 unspecified atom stereocenters. The van der Waals surface area contributed by atoms with Gasteiger partial charge in [-0.05, 0) is 13.0 Å². The van der Waals surface area contributed by atoms with E-state index in [-0.39, 0.29) is 17.3 Å². The molecule has 0 aromatic carbocycles. The van der Waals surface area contributed by atoms with E-state index in [4.69, 9.17) is 0 Å². The Bertz CT molecular complexity index is 559. The van der Waals surface area contributed by atoms with Crippen molar-refractivity contribution in [2.75, 3.05) is 20.1 Å². The lowest BCUT2D eigenvalue weighted by Crippen LogP contribution is -2.38. The van der Waals surface area contributed by atoms with Gasteiger partial charge in [0.1, 0.15) is 0 Å². The van der Waals surface area contributed by atoms with Gasteiger partial charge in [-0.2, -0.15) is 0 Å². The summed E-state index contributed by atoms with van der Waals surface area (Å²) >= 11 is 0. The van der Waals surface area contributed by atoms with Crippen molar-refractivity contribution in [1.82, 2.24) is 14.6 Å². The summed E-state index contributed by atoms with van der Waals surface area (Å²) in [6, 6.07) is 2.28. The van der Waals surface area contributed by atoms with Crippen molar-refractivity contribution < 1.29 is 13.2 Å². The van der Waals surface area contributed by atoms with Crippen molar-refractivity contribution in [2.24, 2.45) is 0 Å². The SMILES string of the molecule is CCN(C)C(=O)CNS(=O)(=O)c1ccc(=O)[nH]c1. The molecule has 0 aliphatic heterocycles. The van der Waals surface area contributed by atoms with Gasteiger partial charge < -0.3 is 9.88 Å². The third-order valence-corrected chi connectivity index (χ3v) is 3.78. The number of carbonyl (C=O) groups excluding carboxylic acids is 1. The molecule has 0 atom stereocenters. The fraction of sp³-hybridized carbons (Fsp3) is 0.400. The summed E-state index contributed by atoms with van der Waals surface area (Å²) in [7, 11) is -2.20. The van der Waals surface area contributed by atoms with E-state index in [1.165, 1.54) is 11.0 Å². The first kappa shape index (κ1) is 14.4. The first-order valence-electron chi connectivity index (χ1n) is 5.29. The van der Waals surface area contributed by atoms with Crippen LogP contribution >= 0.6 is 0 Å². The lowest BCUT2D eigenvalue weighted by Gasteiger charge is -2.14. The van der Waals surface area contributed by atoms with Gasteiger partial charge in [-0.15, -0.1) is 0 Å². The average Bonchev–Trinajstić information content (AvgIpc) is 2.35. The average molecular weight is 273 g/mol. The van der Waals surface area contributed by atoms with Gasteiger partial charge in [-0.3, -0.25) is 9.59 Å². The highest BCUT2D eigenvalue weighted by molar-refractivity contribution is 7.89. The number of amides is 1. The summed E-state index contributed by atoms with van der Waals surface area (Å²) in [6.45, 7) is 1.97. The first-order valence-corrected chi connectivity index (χ1v) is 6.77. The number of aromatic nitrogens is 1. The van der Waals surface area contributed by atoms with Gasteiger partial charge in [0.15, 0.2) is 0 Å². The predicted octanol–water partition coefficient (Wildman–Crippen LogP) is -0.868. The van der Waals surface area contributed by atoms with Gasteiger partial charge >= 0.3 is 0 Å². The molecule has 7 nitrogen and oxygen atoms in total. The molecule has 1 rings (SSSR count). The van der Waals surface area contributed by atoms with Gasteiger partial charge in [-0.1, -0.05) is 0 Å². The fourth-order valence-corrected chi connectivity index (χ4v) is 2.06. The Hall–Kier alpha value is -1.67. The van der Waals surface area contributed by atoms with E-state index < -0.39 is 15.6 Å². The summed E-state index contributed by atoms with van der Waals surface area (Å²) in [5, 5.41) is 0. The quantitative estimate of drug-likeness (QED) is 0.728. The monoisotopic (exact) mass is 273 g/mol. The Morgan fingerprint density at radius 3 is 2.61 bits per heavy atom. The number of rotatable bonds is 5. The molecule has 0 aliphatic carbocycles. The number of nitrogens with zero attached hydrogens (tertiary/aromatic N) is 1. The van der Waals surface area contributed by atoms with Crippen LogP contribution in [0.4, 0.5) is 0 Å². The molecule has 0 fully saturated rings. The maximum Gasteiger partial charge on any atom is 0.247 e. The van der Waals surface area contributed by atoms with Crippen LogP contribution in [0.3, 0.4) is 0 Å². The summed E-state index contributed by atoms with van der Waals surface area (Å²) in [5.74, 6) is -0.328. The van der Waals surface area contributed by atoms with E-state index in [9.17, 15) is 18.0 Å². The molecule has 18 heavy (non-hydrogen) atoms. The Morgan fingerprint density at radius 2 is 2.11 bits per heavy atom. The summed E-state index contributed by atoms with van der Waals surface area (Å²) < 4.78 is 25.7. The zero-order valence-electron chi connectivity index (χ0n) is 10.1. The van der Waals surface area contributed by atoms with E-state index in [1.54, 1.807) is 14.0 Å². The van der Waals surface area contributed by atoms with Crippen LogP contribution in [-0.2, 0) is 14.8 Å². The number of hydrogen-bond acceptors (Lipinski definition) is 4. The largest absolute Gasteiger partial charge is 0.345 e. The molecule has 0 radical (unpaired) electrons. The maximum atomic E-state index is 11.8. The highest BCUT2D eigenvalue weighted by atomic mass is 32.2. The van der Waals surface area contributed by atoms with Crippen LogP contribution in [0.5, 0.6) is 0 Å². The zero-order chi connectivity index (χ0) is 13.8. The summed E-state index contributed by atoms with van der Waals surface area (Å²) in [6.07, 6.45) is 1.08. The molecule has 1 heterocycles. The second-order valence-electron chi connectivity index (χ2n) is 3.62. The van der Waals surface area contributed by atoms with Crippen LogP contribution in [0.25, 0.3) is 0 Å². The van der Waals surface area contributed by atoms with Gasteiger partial charge in [-0.25, -0.2) is 13.1 Å². The van der Waals surface area contributed by atoms with Gasteiger partial charge in [0.2, 0.25) is 21.5 Å². The summed E-state index contributed by atoms with van der Waals surface area (Å²) in [4.78, 5) is 25.8. The van der Waals surface area contributed by atoms with Gasteiger partial charge in [0.05, 0.1) is 11.4 Å². The lowest BCUT2D eigenvalue weighted by atomic mass is 10.5. The molecular weight excluding hydrogens is 258 g/mol.